The molecule has 0 aliphatic carbocycles. The van der Waals surface area contributed by atoms with Gasteiger partial charge in [-0.1, -0.05) is 0 Å². The van der Waals surface area contributed by atoms with Crippen LogP contribution in [0.3, 0.4) is 0 Å². The minimum Gasteiger partial charge on any atom is -0.497 e. The molecule has 0 unspecified atom stereocenters. The van der Waals surface area contributed by atoms with Crippen molar-refractivity contribution in [3.63, 3.8) is 0 Å². The lowest BCUT2D eigenvalue weighted by molar-refractivity contribution is -0.125. The Morgan fingerprint density at radius 2 is 2.06 bits per heavy atom. The molecule has 1 aromatic carbocycles. The van der Waals surface area contributed by atoms with Crippen molar-refractivity contribution in [1.82, 2.24) is 5.32 Å². The quantitative estimate of drug-likeness (QED) is 0.860. The monoisotopic (exact) mass is 248 g/mol. The first kappa shape index (κ1) is 12.4. The highest BCUT2D eigenvalue weighted by Gasteiger charge is 2.34. The van der Waals surface area contributed by atoms with E-state index in [-0.39, 0.29) is 24.2 Å². The summed E-state index contributed by atoms with van der Waals surface area (Å²) in [5, 5.41) is 2.58. The maximum atomic E-state index is 11.9. The molecule has 0 spiro atoms. The minimum absolute atomic E-state index is 0.0197. The van der Waals surface area contributed by atoms with Crippen LogP contribution in [-0.2, 0) is 9.59 Å². The zero-order valence-corrected chi connectivity index (χ0v) is 10.5. The fourth-order valence-corrected chi connectivity index (χ4v) is 2.10. The molecule has 0 radical (unpaired) electrons. The van der Waals surface area contributed by atoms with Gasteiger partial charge >= 0.3 is 0 Å². The number of benzene rings is 1. The fraction of sp³-hybridized carbons (Fsp3) is 0.385. The van der Waals surface area contributed by atoms with Gasteiger partial charge in [0.2, 0.25) is 11.8 Å². The number of nitrogens with one attached hydrogen (secondary N) is 1. The summed E-state index contributed by atoms with van der Waals surface area (Å²) >= 11 is 0. The summed E-state index contributed by atoms with van der Waals surface area (Å²) in [5.41, 5.74) is 0.798. The number of ether oxygens (including phenoxy) is 1. The highest BCUT2D eigenvalue weighted by atomic mass is 16.5. The van der Waals surface area contributed by atoms with Gasteiger partial charge in [-0.05, 0) is 24.3 Å². The van der Waals surface area contributed by atoms with Crippen LogP contribution in [0, 0.1) is 5.92 Å². The Bertz CT molecular complexity index is 456. The topological polar surface area (TPSA) is 58.6 Å². The molecule has 0 bridgehead atoms. The molecule has 2 amide bonds. The van der Waals surface area contributed by atoms with Crippen LogP contribution in [0.4, 0.5) is 5.69 Å². The van der Waals surface area contributed by atoms with Crippen molar-refractivity contribution in [2.75, 3.05) is 25.6 Å². The predicted octanol–water partition coefficient (Wildman–Crippen LogP) is 0.794. The second-order valence-electron chi connectivity index (χ2n) is 4.22. The van der Waals surface area contributed by atoms with E-state index in [9.17, 15) is 9.59 Å². The van der Waals surface area contributed by atoms with E-state index < -0.39 is 0 Å². The molecular formula is C13H16N2O3. The van der Waals surface area contributed by atoms with Gasteiger partial charge in [0, 0.05) is 25.7 Å². The Morgan fingerprint density at radius 3 is 2.61 bits per heavy atom. The van der Waals surface area contributed by atoms with Gasteiger partial charge in [-0.2, -0.15) is 0 Å². The molecule has 0 saturated carbocycles. The first-order chi connectivity index (χ1) is 8.65. The molecule has 1 saturated heterocycles. The zero-order valence-electron chi connectivity index (χ0n) is 10.5. The predicted molar refractivity (Wildman–Crippen MR) is 67.5 cm³/mol. The molecule has 0 aromatic heterocycles. The number of amides is 2. The van der Waals surface area contributed by atoms with Crippen LogP contribution < -0.4 is 15.0 Å². The van der Waals surface area contributed by atoms with Crippen LogP contribution in [0.1, 0.15) is 6.42 Å². The van der Waals surface area contributed by atoms with Crippen molar-refractivity contribution in [1.29, 1.82) is 0 Å². The summed E-state index contributed by atoms with van der Waals surface area (Å²) in [6, 6.07) is 7.25. The first-order valence-corrected chi connectivity index (χ1v) is 5.81. The molecule has 1 aliphatic rings. The Labute approximate surface area is 106 Å². The van der Waals surface area contributed by atoms with E-state index in [1.54, 1.807) is 31.2 Å². The van der Waals surface area contributed by atoms with Gasteiger partial charge in [0.25, 0.3) is 0 Å². The van der Waals surface area contributed by atoms with Gasteiger partial charge in [0.15, 0.2) is 0 Å². The van der Waals surface area contributed by atoms with Crippen molar-refractivity contribution in [3.8, 4) is 5.75 Å². The average molecular weight is 248 g/mol. The number of rotatable bonds is 3. The normalized spacial score (nSPS) is 18.9. The number of hydrogen-bond acceptors (Lipinski definition) is 3. The van der Waals surface area contributed by atoms with Gasteiger partial charge in [-0.25, -0.2) is 0 Å². The van der Waals surface area contributed by atoms with Crippen LogP contribution >= 0.6 is 0 Å². The number of hydrogen-bond donors (Lipinski definition) is 1. The van der Waals surface area contributed by atoms with Crippen LogP contribution in [-0.4, -0.2) is 32.5 Å². The lowest BCUT2D eigenvalue weighted by atomic mass is 10.1. The largest absolute Gasteiger partial charge is 0.497 e. The van der Waals surface area contributed by atoms with E-state index in [0.29, 0.717) is 6.54 Å². The molecule has 1 aliphatic heterocycles. The number of carbonyl (C=O) groups is 2. The summed E-state index contributed by atoms with van der Waals surface area (Å²) in [6.45, 7) is 0.435. The van der Waals surface area contributed by atoms with Crippen LogP contribution in [0.15, 0.2) is 24.3 Å². The third kappa shape index (κ3) is 2.30. The minimum atomic E-state index is -0.260. The number of anilines is 1. The summed E-state index contributed by atoms with van der Waals surface area (Å²) in [7, 11) is 3.18. The average Bonchev–Trinajstić information content (AvgIpc) is 2.80. The smallest absolute Gasteiger partial charge is 0.227 e. The summed E-state index contributed by atoms with van der Waals surface area (Å²) < 4.78 is 5.07. The SMILES string of the molecule is CNC(=O)[C@H]1CC(=O)N(c2ccc(OC)cc2)C1. The maximum Gasteiger partial charge on any atom is 0.227 e. The van der Waals surface area contributed by atoms with Crippen LogP contribution in [0.5, 0.6) is 5.75 Å². The third-order valence-electron chi connectivity index (χ3n) is 3.13. The molecule has 18 heavy (non-hydrogen) atoms. The molecular weight excluding hydrogens is 232 g/mol. The van der Waals surface area contributed by atoms with E-state index in [2.05, 4.69) is 5.32 Å². The second-order valence-corrected chi connectivity index (χ2v) is 4.22. The van der Waals surface area contributed by atoms with Crippen molar-refractivity contribution in [3.05, 3.63) is 24.3 Å². The highest BCUT2D eigenvalue weighted by molar-refractivity contribution is 6.00. The van der Waals surface area contributed by atoms with E-state index >= 15 is 0 Å². The number of methoxy groups -OCH3 is 1. The van der Waals surface area contributed by atoms with Gasteiger partial charge in [0.05, 0.1) is 13.0 Å². The summed E-state index contributed by atoms with van der Waals surface area (Å²) in [6.07, 6.45) is 0.270. The molecule has 1 heterocycles. The molecule has 1 atom stereocenters. The zero-order chi connectivity index (χ0) is 13.1. The lowest BCUT2D eigenvalue weighted by Crippen LogP contribution is -2.30. The molecule has 5 heteroatoms. The molecule has 5 nitrogen and oxygen atoms in total. The molecule has 96 valence electrons. The van der Waals surface area contributed by atoms with E-state index in [4.69, 9.17) is 4.74 Å². The van der Waals surface area contributed by atoms with Gasteiger partial charge < -0.3 is 15.0 Å². The molecule has 1 aromatic rings. The number of nitrogens with zero attached hydrogens (tertiary/aromatic N) is 1. The van der Waals surface area contributed by atoms with Gasteiger partial charge in [-0.15, -0.1) is 0 Å². The van der Waals surface area contributed by atoms with Crippen molar-refractivity contribution in [2.45, 2.75) is 6.42 Å². The lowest BCUT2D eigenvalue weighted by Gasteiger charge is -2.16. The van der Waals surface area contributed by atoms with Gasteiger partial charge in [-0.3, -0.25) is 9.59 Å². The van der Waals surface area contributed by atoms with Gasteiger partial charge in [0.1, 0.15) is 5.75 Å². The summed E-state index contributed by atoms with van der Waals surface area (Å²) in [4.78, 5) is 25.0. The maximum absolute atomic E-state index is 11.9. The molecule has 2 rings (SSSR count). The van der Waals surface area contributed by atoms with Crippen LogP contribution in [0.25, 0.3) is 0 Å². The van der Waals surface area contributed by atoms with Crippen molar-refractivity contribution >= 4 is 17.5 Å². The Balaban J connectivity index is 2.13. The second kappa shape index (κ2) is 5.08. The Kier molecular flexibility index (Phi) is 3.50. The third-order valence-corrected chi connectivity index (χ3v) is 3.13. The van der Waals surface area contributed by atoms with Crippen LogP contribution in [0.2, 0.25) is 0 Å². The fourth-order valence-electron chi connectivity index (χ4n) is 2.10. The molecule has 1 N–H and O–H groups in total. The van der Waals surface area contributed by atoms with E-state index in [0.717, 1.165) is 11.4 Å². The van der Waals surface area contributed by atoms with Crippen molar-refractivity contribution in [2.24, 2.45) is 5.92 Å². The first-order valence-electron chi connectivity index (χ1n) is 5.81. The highest BCUT2D eigenvalue weighted by Crippen LogP contribution is 2.26. The van der Waals surface area contributed by atoms with Crippen molar-refractivity contribution < 1.29 is 14.3 Å². The van der Waals surface area contributed by atoms with E-state index in [1.807, 2.05) is 12.1 Å². The van der Waals surface area contributed by atoms with E-state index in [1.165, 1.54) is 0 Å². The standard InChI is InChI=1S/C13H16N2O3/c1-14-13(17)9-7-12(16)15(8-9)10-3-5-11(18-2)6-4-10/h3-6,9H,7-8H2,1-2H3,(H,14,17)/t9-/m0/s1. The Morgan fingerprint density at radius 1 is 1.39 bits per heavy atom. The number of carbonyl (C=O) groups excluding carboxylic acids is 2. The molecule has 1 fully saturated rings. The Hall–Kier alpha value is -2.04. The summed E-state index contributed by atoms with van der Waals surface area (Å²) in [5.74, 6) is 0.381.